The Morgan fingerprint density at radius 3 is 2.60 bits per heavy atom. The zero-order chi connectivity index (χ0) is 18.9. The molecular weight excluding hydrogens is 330 g/mol. The average Bonchev–Trinajstić information content (AvgIpc) is 3.01. The van der Waals surface area contributed by atoms with Crippen LogP contribution in [0.3, 0.4) is 0 Å². The third-order valence-electron chi connectivity index (χ3n) is 5.27. The lowest BCUT2D eigenvalue weighted by atomic mass is 9.76. The number of carbonyl (C=O) groups excluding carboxylic acids is 1. The number of hydrogen-bond acceptors (Lipinski definition) is 3. The van der Waals surface area contributed by atoms with Gasteiger partial charge in [0, 0.05) is 12.2 Å². The molecule has 1 aliphatic heterocycles. The summed E-state index contributed by atoms with van der Waals surface area (Å²) in [5.74, 6) is 2.60. The lowest BCUT2D eigenvalue weighted by molar-refractivity contribution is -0.150. The molecule has 0 spiro atoms. The minimum atomic E-state index is -0.330. The van der Waals surface area contributed by atoms with Crippen molar-refractivity contribution in [2.75, 3.05) is 18.1 Å². The third-order valence-corrected chi connectivity index (χ3v) is 6.27. The number of ether oxygens (including phenoxy) is 1. The first-order valence-corrected chi connectivity index (χ1v) is 10.9. The van der Waals surface area contributed by atoms with Gasteiger partial charge < -0.3 is 9.64 Å². The summed E-state index contributed by atoms with van der Waals surface area (Å²) in [7, 11) is 0. The molecule has 0 aromatic carbocycles. The van der Waals surface area contributed by atoms with Crippen LogP contribution in [0.4, 0.5) is 0 Å². The van der Waals surface area contributed by atoms with Crippen molar-refractivity contribution in [2.45, 2.75) is 72.1 Å². The van der Waals surface area contributed by atoms with E-state index in [0.717, 1.165) is 43.6 Å². The third kappa shape index (κ3) is 5.62. The van der Waals surface area contributed by atoms with Crippen molar-refractivity contribution in [3.8, 4) is 0 Å². The number of carbonyl (C=O) groups is 1. The SMILES string of the molecule is C=CCSCC[C@H]1OC[C@H](C(C)C)N1C(=O)[C@@](CC)(CC=C)CCC. The molecule has 3 nitrogen and oxygen atoms in total. The Bertz CT molecular complexity index is 438. The van der Waals surface area contributed by atoms with Crippen LogP contribution in [0.25, 0.3) is 0 Å². The zero-order valence-corrected chi connectivity index (χ0v) is 17.4. The predicted molar refractivity (Wildman–Crippen MR) is 110 cm³/mol. The van der Waals surface area contributed by atoms with Gasteiger partial charge in [0.1, 0.15) is 6.23 Å². The van der Waals surface area contributed by atoms with Gasteiger partial charge in [-0.05, 0) is 30.9 Å². The topological polar surface area (TPSA) is 29.5 Å². The second-order valence-electron chi connectivity index (χ2n) is 7.34. The number of thioether (sulfide) groups is 1. The van der Waals surface area contributed by atoms with E-state index in [2.05, 4.69) is 45.8 Å². The highest BCUT2D eigenvalue weighted by molar-refractivity contribution is 7.99. The molecule has 0 unspecified atom stereocenters. The van der Waals surface area contributed by atoms with Crippen molar-refractivity contribution < 1.29 is 9.53 Å². The van der Waals surface area contributed by atoms with Crippen molar-refractivity contribution in [1.82, 2.24) is 4.90 Å². The smallest absolute Gasteiger partial charge is 0.231 e. The maximum Gasteiger partial charge on any atom is 0.231 e. The number of rotatable bonds is 12. The van der Waals surface area contributed by atoms with E-state index in [0.29, 0.717) is 12.5 Å². The molecule has 4 heteroatoms. The maximum atomic E-state index is 13.7. The fraction of sp³-hybridized carbons (Fsp3) is 0.762. The second kappa shape index (κ2) is 11.1. The van der Waals surface area contributed by atoms with Crippen LogP contribution < -0.4 is 0 Å². The van der Waals surface area contributed by atoms with E-state index < -0.39 is 0 Å². The van der Waals surface area contributed by atoms with Crippen LogP contribution in [0.1, 0.15) is 59.8 Å². The van der Waals surface area contributed by atoms with Gasteiger partial charge in [0.05, 0.1) is 18.1 Å². The fourth-order valence-electron chi connectivity index (χ4n) is 3.75. The van der Waals surface area contributed by atoms with Crippen LogP contribution in [-0.4, -0.2) is 41.2 Å². The first kappa shape index (κ1) is 22.3. The molecule has 144 valence electrons. The van der Waals surface area contributed by atoms with Gasteiger partial charge in [0.2, 0.25) is 5.91 Å². The monoisotopic (exact) mass is 367 g/mol. The van der Waals surface area contributed by atoms with Crippen molar-refractivity contribution in [3.63, 3.8) is 0 Å². The van der Waals surface area contributed by atoms with Crippen LogP contribution in [0.5, 0.6) is 0 Å². The minimum absolute atomic E-state index is 0.0928. The molecule has 0 saturated carbocycles. The van der Waals surface area contributed by atoms with Crippen LogP contribution >= 0.6 is 11.8 Å². The first-order valence-electron chi connectivity index (χ1n) is 9.71. The standard InChI is InChI=1S/C21H37NO2S/c1-7-12-21(10-4,13-8-2)20(23)22-18(17(5)6)16-24-19(22)11-15-25-14-9-3/h7,9,17-19H,1,3,8,10-16H2,2,4-6H3/t18-,19-,21+/m1/s1. The van der Waals surface area contributed by atoms with E-state index in [-0.39, 0.29) is 23.6 Å². The Labute approximate surface area is 159 Å². The number of hydrogen-bond donors (Lipinski definition) is 0. The van der Waals surface area contributed by atoms with Crippen LogP contribution in [-0.2, 0) is 9.53 Å². The lowest BCUT2D eigenvalue weighted by Gasteiger charge is -2.39. The summed E-state index contributed by atoms with van der Waals surface area (Å²) in [6.45, 7) is 17.0. The van der Waals surface area contributed by atoms with Gasteiger partial charge in [0.25, 0.3) is 0 Å². The molecule has 1 heterocycles. The predicted octanol–water partition coefficient (Wildman–Crippen LogP) is 5.28. The van der Waals surface area contributed by atoms with Gasteiger partial charge in [-0.1, -0.05) is 46.3 Å². The van der Waals surface area contributed by atoms with Gasteiger partial charge in [-0.2, -0.15) is 11.8 Å². The quantitative estimate of drug-likeness (QED) is 0.347. The fourth-order valence-corrected chi connectivity index (χ4v) is 4.45. The first-order chi connectivity index (χ1) is 12.0. The van der Waals surface area contributed by atoms with Gasteiger partial charge >= 0.3 is 0 Å². The number of amides is 1. The maximum absolute atomic E-state index is 13.7. The molecule has 0 aromatic rings. The molecule has 25 heavy (non-hydrogen) atoms. The summed E-state index contributed by atoms with van der Waals surface area (Å²) in [5.41, 5.74) is -0.330. The van der Waals surface area contributed by atoms with Gasteiger partial charge in [0.15, 0.2) is 0 Å². The van der Waals surface area contributed by atoms with Crippen LogP contribution in [0.15, 0.2) is 25.3 Å². The second-order valence-corrected chi connectivity index (χ2v) is 8.49. The van der Waals surface area contributed by atoms with Gasteiger partial charge in [-0.3, -0.25) is 4.79 Å². The highest BCUT2D eigenvalue weighted by Gasteiger charge is 2.46. The summed E-state index contributed by atoms with van der Waals surface area (Å²) in [6, 6.07) is 0.175. The molecule has 0 bridgehead atoms. The van der Waals surface area contributed by atoms with Crippen molar-refractivity contribution in [2.24, 2.45) is 11.3 Å². The van der Waals surface area contributed by atoms with E-state index in [1.54, 1.807) is 0 Å². The minimum Gasteiger partial charge on any atom is -0.356 e. The van der Waals surface area contributed by atoms with E-state index in [1.165, 1.54) is 0 Å². The van der Waals surface area contributed by atoms with Crippen LogP contribution in [0.2, 0.25) is 0 Å². The van der Waals surface area contributed by atoms with Crippen molar-refractivity contribution in [3.05, 3.63) is 25.3 Å². The van der Waals surface area contributed by atoms with Crippen molar-refractivity contribution in [1.29, 1.82) is 0 Å². The molecule has 0 N–H and O–H groups in total. The van der Waals surface area contributed by atoms with E-state index in [1.807, 2.05) is 23.9 Å². The number of nitrogens with zero attached hydrogens (tertiary/aromatic N) is 1. The summed E-state index contributed by atoms with van der Waals surface area (Å²) < 4.78 is 6.08. The largest absolute Gasteiger partial charge is 0.356 e. The molecule has 1 amide bonds. The Hall–Kier alpha value is -0.740. The highest BCUT2D eigenvalue weighted by Crippen LogP contribution is 2.39. The zero-order valence-electron chi connectivity index (χ0n) is 16.6. The summed E-state index contributed by atoms with van der Waals surface area (Å²) in [6.07, 6.45) is 8.14. The summed E-state index contributed by atoms with van der Waals surface area (Å²) in [5, 5.41) is 0. The van der Waals surface area contributed by atoms with Gasteiger partial charge in [-0.15, -0.1) is 13.2 Å². The molecule has 1 fully saturated rings. The molecule has 0 radical (unpaired) electrons. The van der Waals surface area contributed by atoms with E-state index >= 15 is 0 Å². The molecule has 1 saturated heterocycles. The Morgan fingerprint density at radius 1 is 1.36 bits per heavy atom. The molecular formula is C21H37NO2S. The molecule has 1 aliphatic rings. The summed E-state index contributed by atoms with van der Waals surface area (Å²) >= 11 is 1.85. The molecule has 0 aliphatic carbocycles. The number of allylic oxidation sites excluding steroid dienone is 1. The Balaban J connectivity index is 3.01. The Morgan fingerprint density at radius 2 is 2.08 bits per heavy atom. The molecule has 3 atom stereocenters. The van der Waals surface area contributed by atoms with Gasteiger partial charge in [-0.25, -0.2) is 0 Å². The lowest BCUT2D eigenvalue weighted by Crippen LogP contribution is -2.51. The normalized spacial score (nSPS) is 22.8. The average molecular weight is 368 g/mol. The van der Waals surface area contributed by atoms with E-state index in [9.17, 15) is 4.79 Å². The highest BCUT2D eigenvalue weighted by atomic mass is 32.2. The Kier molecular flexibility index (Phi) is 9.88. The molecule has 1 rings (SSSR count). The molecule has 0 aromatic heterocycles. The van der Waals surface area contributed by atoms with E-state index in [4.69, 9.17) is 4.74 Å². The summed E-state index contributed by atoms with van der Waals surface area (Å²) in [4.78, 5) is 15.8. The van der Waals surface area contributed by atoms with Crippen molar-refractivity contribution >= 4 is 17.7 Å². The van der Waals surface area contributed by atoms with Crippen LogP contribution in [0, 0.1) is 11.3 Å².